The van der Waals surface area contributed by atoms with Crippen LogP contribution in [0.5, 0.6) is 5.75 Å². The highest BCUT2D eigenvalue weighted by Crippen LogP contribution is 2.31. The Morgan fingerprint density at radius 3 is 2.16 bits per heavy atom. The number of carbonyl (C=O) groups is 1. The summed E-state index contributed by atoms with van der Waals surface area (Å²) in [5.74, 6) is 0.124. The van der Waals surface area contributed by atoms with Crippen molar-refractivity contribution in [3.63, 3.8) is 0 Å². The number of hydrogen-bond donors (Lipinski definition) is 1. The maximum Gasteiger partial charge on any atom is 0.267 e. The standard InChI is InChI=1S/C18H22N2O4S/c1-12-10-17(24-5)18(11-13(12)2)25(22,23)20(4)16-8-6-15(7-9-16)19-14(3)21/h6-11H,1-5H3,(H,19,21). The van der Waals surface area contributed by atoms with E-state index >= 15 is 0 Å². The Labute approximate surface area is 148 Å². The van der Waals surface area contributed by atoms with Gasteiger partial charge in [-0.3, -0.25) is 9.10 Å². The number of ether oxygens (including phenoxy) is 1. The number of nitrogens with zero attached hydrogens (tertiary/aromatic N) is 1. The van der Waals surface area contributed by atoms with Crippen molar-refractivity contribution in [1.82, 2.24) is 0 Å². The van der Waals surface area contributed by atoms with Crippen molar-refractivity contribution in [2.45, 2.75) is 25.7 Å². The summed E-state index contributed by atoms with van der Waals surface area (Å²) in [7, 11) is -0.856. The Morgan fingerprint density at radius 1 is 1.08 bits per heavy atom. The monoisotopic (exact) mass is 362 g/mol. The largest absolute Gasteiger partial charge is 0.495 e. The maximum atomic E-state index is 13.0. The van der Waals surface area contributed by atoms with E-state index in [1.807, 2.05) is 13.8 Å². The number of methoxy groups -OCH3 is 1. The minimum Gasteiger partial charge on any atom is -0.495 e. The Kier molecular flexibility index (Phi) is 5.37. The quantitative estimate of drug-likeness (QED) is 0.887. The van der Waals surface area contributed by atoms with E-state index in [4.69, 9.17) is 4.74 Å². The minimum atomic E-state index is -3.79. The second-order valence-electron chi connectivity index (χ2n) is 5.79. The van der Waals surface area contributed by atoms with Gasteiger partial charge in [-0.2, -0.15) is 0 Å². The first-order chi connectivity index (χ1) is 11.7. The van der Waals surface area contributed by atoms with Crippen LogP contribution in [0.3, 0.4) is 0 Å². The zero-order valence-corrected chi connectivity index (χ0v) is 15.8. The molecule has 0 spiro atoms. The van der Waals surface area contributed by atoms with E-state index in [0.717, 1.165) is 11.1 Å². The van der Waals surface area contributed by atoms with Crippen LogP contribution in [0, 0.1) is 13.8 Å². The van der Waals surface area contributed by atoms with Gasteiger partial charge >= 0.3 is 0 Å². The van der Waals surface area contributed by atoms with E-state index in [1.165, 1.54) is 25.4 Å². The fourth-order valence-electron chi connectivity index (χ4n) is 2.37. The predicted molar refractivity (Wildman–Crippen MR) is 98.8 cm³/mol. The van der Waals surface area contributed by atoms with E-state index in [2.05, 4.69) is 5.32 Å². The van der Waals surface area contributed by atoms with E-state index in [9.17, 15) is 13.2 Å². The third kappa shape index (κ3) is 3.93. The average Bonchev–Trinajstić information content (AvgIpc) is 2.56. The van der Waals surface area contributed by atoms with Gasteiger partial charge in [0.05, 0.1) is 12.8 Å². The van der Waals surface area contributed by atoms with Gasteiger partial charge in [0.2, 0.25) is 5.91 Å². The second-order valence-corrected chi connectivity index (χ2v) is 7.73. The molecule has 6 nitrogen and oxygen atoms in total. The molecular formula is C18H22N2O4S. The van der Waals surface area contributed by atoms with Crippen LogP contribution in [-0.4, -0.2) is 28.5 Å². The van der Waals surface area contributed by atoms with Crippen LogP contribution in [0.15, 0.2) is 41.3 Å². The van der Waals surface area contributed by atoms with Gasteiger partial charge in [-0.25, -0.2) is 8.42 Å². The molecule has 2 aromatic rings. The number of hydrogen-bond acceptors (Lipinski definition) is 4. The van der Waals surface area contributed by atoms with Crippen molar-refractivity contribution >= 4 is 27.3 Å². The number of sulfonamides is 1. The first kappa shape index (κ1) is 18.8. The van der Waals surface area contributed by atoms with Crippen LogP contribution in [0.2, 0.25) is 0 Å². The van der Waals surface area contributed by atoms with Crippen molar-refractivity contribution in [3.05, 3.63) is 47.5 Å². The molecule has 134 valence electrons. The van der Waals surface area contributed by atoms with Gasteiger partial charge in [0.1, 0.15) is 10.6 Å². The molecule has 0 aliphatic carbocycles. The lowest BCUT2D eigenvalue weighted by Gasteiger charge is -2.22. The van der Waals surface area contributed by atoms with Crippen molar-refractivity contribution in [3.8, 4) is 5.75 Å². The first-order valence-corrected chi connectivity index (χ1v) is 9.12. The minimum absolute atomic E-state index is 0.117. The molecule has 0 heterocycles. The number of aryl methyl sites for hydroxylation is 2. The molecule has 0 aliphatic rings. The van der Waals surface area contributed by atoms with E-state index < -0.39 is 10.0 Å². The van der Waals surface area contributed by atoms with Gasteiger partial charge in [0.15, 0.2) is 0 Å². The molecule has 1 N–H and O–H groups in total. The van der Waals surface area contributed by atoms with E-state index in [1.54, 1.807) is 36.4 Å². The van der Waals surface area contributed by atoms with Crippen LogP contribution < -0.4 is 14.4 Å². The molecule has 0 bridgehead atoms. The summed E-state index contributed by atoms with van der Waals surface area (Å²) in [4.78, 5) is 11.2. The first-order valence-electron chi connectivity index (χ1n) is 7.68. The number of nitrogens with one attached hydrogen (secondary N) is 1. The summed E-state index contributed by atoms with van der Waals surface area (Å²) in [6.07, 6.45) is 0. The smallest absolute Gasteiger partial charge is 0.267 e. The zero-order chi connectivity index (χ0) is 18.8. The maximum absolute atomic E-state index is 13.0. The summed E-state index contributed by atoms with van der Waals surface area (Å²) in [6, 6.07) is 9.91. The highest BCUT2D eigenvalue weighted by Gasteiger charge is 2.26. The van der Waals surface area contributed by atoms with Crippen molar-refractivity contribution in [2.75, 3.05) is 23.8 Å². The van der Waals surface area contributed by atoms with Crippen LogP contribution in [0.1, 0.15) is 18.1 Å². The molecule has 0 radical (unpaired) electrons. The topological polar surface area (TPSA) is 75.7 Å². The van der Waals surface area contributed by atoms with Crippen molar-refractivity contribution in [2.24, 2.45) is 0 Å². The van der Waals surface area contributed by atoms with Gasteiger partial charge < -0.3 is 10.1 Å². The molecule has 0 atom stereocenters. The number of anilines is 2. The number of carbonyl (C=O) groups excluding carboxylic acids is 1. The SMILES string of the molecule is COc1cc(C)c(C)cc1S(=O)(=O)N(C)c1ccc(NC(C)=O)cc1. The molecule has 0 aliphatic heterocycles. The summed E-state index contributed by atoms with van der Waals surface area (Å²) < 4.78 is 32.5. The van der Waals surface area contributed by atoms with E-state index in [-0.39, 0.29) is 10.8 Å². The molecule has 2 aromatic carbocycles. The third-order valence-electron chi connectivity index (χ3n) is 3.97. The van der Waals surface area contributed by atoms with Crippen molar-refractivity contribution < 1.29 is 17.9 Å². The highest BCUT2D eigenvalue weighted by atomic mass is 32.2. The van der Waals surface area contributed by atoms with Gasteiger partial charge in [-0.1, -0.05) is 0 Å². The van der Waals surface area contributed by atoms with Crippen LogP contribution in [-0.2, 0) is 14.8 Å². The van der Waals surface area contributed by atoms with Crippen LogP contribution in [0.4, 0.5) is 11.4 Å². The Balaban J connectivity index is 2.42. The molecule has 0 aromatic heterocycles. The van der Waals surface area contributed by atoms with Crippen molar-refractivity contribution in [1.29, 1.82) is 0 Å². The Morgan fingerprint density at radius 2 is 1.64 bits per heavy atom. The summed E-state index contributed by atoms with van der Waals surface area (Å²) in [5, 5.41) is 2.65. The fraction of sp³-hybridized carbons (Fsp3) is 0.278. The molecule has 7 heteroatoms. The lowest BCUT2D eigenvalue weighted by molar-refractivity contribution is -0.114. The molecule has 25 heavy (non-hydrogen) atoms. The molecule has 1 amide bonds. The predicted octanol–water partition coefficient (Wildman–Crippen LogP) is 3.10. The molecule has 0 unspecified atom stereocenters. The molecule has 2 rings (SSSR count). The number of rotatable bonds is 5. The normalized spacial score (nSPS) is 11.1. The molecular weight excluding hydrogens is 340 g/mol. The lowest BCUT2D eigenvalue weighted by atomic mass is 10.1. The van der Waals surface area contributed by atoms with Crippen LogP contribution in [0.25, 0.3) is 0 Å². The third-order valence-corrected chi connectivity index (χ3v) is 5.78. The number of benzene rings is 2. The van der Waals surface area contributed by atoms with Gasteiger partial charge in [0, 0.05) is 19.7 Å². The fourth-order valence-corrected chi connectivity index (χ4v) is 3.79. The van der Waals surface area contributed by atoms with Crippen LogP contribution >= 0.6 is 0 Å². The van der Waals surface area contributed by atoms with E-state index in [0.29, 0.717) is 17.1 Å². The average molecular weight is 362 g/mol. The van der Waals surface area contributed by atoms with Gasteiger partial charge in [-0.15, -0.1) is 0 Å². The molecule has 0 fully saturated rings. The Bertz CT molecular complexity index is 890. The van der Waals surface area contributed by atoms with Gasteiger partial charge in [0.25, 0.3) is 10.0 Å². The zero-order valence-electron chi connectivity index (χ0n) is 15.0. The highest BCUT2D eigenvalue weighted by molar-refractivity contribution is 7.92. The molecule has 0 saturated carbocycles. The summed E-state index contributed by atoms with van der Waals surface area (Å²) in [6.45, 7) is 5.17. The lowest BCUT2D eigenvalue weighted by Crippen LogP contribution is -2.27. The number of amides is 1. The second kappa shape index (κ2) is 7.14. The molecule has 0 saturated heterocycles. The summed E-state index contributed by atoms with van der Waals surface area (Å²) >= 11 is 0. The summed E-state index contributed by atoms with van der Waals surface area (Å²) in [5.41, 5.74) is 2.91. The van der Waals surface area contributed by atoms with Gasteiger partial charge in [-0.05, 0) is 61.4 Å². The Hall–Kier alpha value is -2.54.